The Kier molecular flexibility index (Phi) is 5.62. The quantitative estimate of drug-likeness (QED) is 0.886. The van der Waals surface area contributed by atoms with E-state index in [1.54, 1.807) is 23.1 Å². The number of benzene rings is 1. The van der Waals surface area contributed by atoms with Gasteiger partial charge in [0.15, 0.2) is 0 Å². The highest BCUT2D eigenvalue weighted by Gasteiger charge is 2.42. The van der Waals surface area contributed by atoms with Crippen LogP contribution in [-0.4, -0.2) is 28.8 Å². The molecule has 1 fully saturated rings. The van der Waals surface area contributed by atoms with Crippen molar-refractivity contribution in [3.8, 4) is 0 Å². The number of nitrogens with one attached hydrogen (secondary N) is 2. The van der Waals surface area contributed by atoms with E-state index in [0.29, 0.717) is 18.5 Å². The molecule has 1 aromatic carbocycles. The first-order valence-electron chi connectivity index (χ1n) is 7.09. The van der Waals surface area contributed by atoms with Crippen LogP contribution < -0.4 is 10.6 Å². The molecule has 1 aromatic heterocycles. The van der Waals surface area contributed by atoms with Crippen molar-refractivity contribution >= 4 is 35.6 Å². The molecule has 0 radical (unpaired) electrons. The number of nitrogens with zero attached hydrogens (tertiary/aromatic N) is 2. The van der Waals surface area contributed by atoms with Crippen LogP contribution in [0.1, 0.15) is 12.8 Å². The molecule has 0 unspecified atom stereocenters. The van der Waals surface area contributed by atoms with E-state index in [-0.39, 0.29) is 23.3 Å². The summed E-state index contributed by atoms with van der Waals surface area (Å²) in [5, 5.41) is 10.3. The average molecular weight is 359 g/mol. The van der Waals surface area contributed by atoms with Crippen molar-refractivity contribution in [2.75, 3.05) is 18.4 Å². The summed E-state index contributed by atoms with van der Waals surface area (Å²) in [6.07, 6.45) is 4.72. The molecule has 1 saturated heterocycles. The Morgan fingerprint density at radius 3 is 2.74 bits per heavy atom. The second-order valence-electron chi connectivity index (χ2n) is 5.32. The smallest absolute Gasteiger partial charge is 0.252 e. The second kappa shape index (κ2) is 7.29. The summed E-state index contributed by atoms with van der Waals surface area (Å²) in [6, 6.07) is 5.94. The van der Waals surface area contributed by atoms with Crippen molar-refractivity contribution in [2.24, 2.45) is 0 Å². The Morgan fingerprint density at radius 1 is 1.39 bits per heavy atom. The van der Waals surface area contributed by atoms with Gasteiger partial charge in [-0.15, -0.1) is 12.4 Å². The third-order valence-corrected chi connectivity index (χ3v) is 4.26. The van der Waals surface area contributed by atoms with Gasteiger partial charge in [-0.2, -0.15) is 5.10 Å². The van der Waals surface area contributed by atoms with Gasteiger partial charge in [0.1, 0.15) is 11.4 Å². The maximum absolute atomic E-state index is 13.2. The Balaban J connectivity index is 0.00000192. The summed E-state index contributed by atoms with van der Waals surface area (Å²) >= 11 is 5.76. The maximum atomic E-state index is 13.2. The lowest BCUT2D eigenvalue weighted by molar-refractivity contribution is -0.126. The highest BCUT2D eigenvalue weighted by atomic mass is 35.5. The van der Waals surface area contributed by atoms with E-state index in [0.717, 1.165) is 13.1 Å². The van der Waals surface area contributed by atoms with Gasteiger partial charge in [0.2, 0.25) is 0 Å². The zero-order valence-electron chi connectivity index (χ0n) is 12.3. The van der Waals surface area contributed by atoms with Crippen molar-refractivity contribution in [3.05, 3.63) is 47.5 Å². The van der Waals surface area contributed by atoms with E-state index in [9.17, 15) is 9.18 Å². The normalized spacial score (nSPS) is 16.4. The van der Waals surface area contributed by atoms with Gasteiger partial charge < -0.3 is 10.6 Å². The number of carbonyl (C=O) groups excluding carboxylic acids is 1. The van der Waals surface area contributed by atoms with Gasteiger partial charge >= 0.3 is 0 Å². The summed E-state index contributed by atoms with van der Waals surface area (Å²) in [7, 11) is 0. The van der Waals surface area contributed by atoms with E-state index in [4.69, 9.17) is 11.6 Å². The first kappa shape index (κ1) is 17.7. The van der Waals surface area contributed by atoms with Gasteiger partial charge in [-0.25, -0.2) is 4.39 Å². The molecule has 0 atom stereocenters. The van der Waals surface area contributed by atoms with Gasteiger partial charge in [-0.05, 0) is 50.2 Å². The molecule has 2 aromatic rings. The molecule has 1 aliphatic rings. The molecule has 2 heterocycles. The Hall–Kier alpha value is -1.63. The van der Waals surface area contributed by atoms with Crippen molar-refractivity contribution < 1.29 is 9.18 Å². The fraction of sp³-hybridized carbons (Fsp3) is 0.333. The summed E-state index contributed by atoms with van der Waals surface area (Å²) in [5.74, 6) is -0.677. The number of rotatable bonds is 3. The van der Waals surface area contributed by atoms with Crippen LogP contribution in [0.25, 0.3) is 0 Å². The molecule has 23 heavy (non-hydrogen) atoms. The first-order valence-corrected chi connectivity index (χ1v) is 7.47. The molecule has 1 amide bonds. The number of amides is 1. The molecule has 8 heteroatoms. The minimum absolute atomic E-state index is 0. The lowest BCUT2D eigenvalue weighted by Gasteiger charge is -2.36. The second-order valence-corrected chi connectivity index (χ2v) is 5.72. The van der Waals surface area contributed by atoms with Crippen molar-refractivity contribution in [3.63, 3.8) is 0 Å². The number of aromatic nitrogens is 2. The number of halogens is 3. The van der Waals surface area contributed by atoms with Crippen LogP contribution in [0.3, 0.4) is 0 Å². The number of carbonyl (C=O) groups is 1. The number of piperidine rings is 1. The number of hydrogen-bond acceptors (Lipinski definition) is 3. The molecule has 0 bridgehead atoms. The van der Waals surface area contributed by atoms with E-state index >= 15 is 0 Å². The molecule has 5 nitrogen and oxygen atoms in total. The van der Waals surface area contributed by atoms with Gasteiger partial charge in [0, 0.05) is 18.1 Å². The molecule has 1 aliphatic heterocycles. The predicted octanol–water partition coefficient (Wildman–Crippen LogP) is 2.81. The van der Waals surface area contributed by atoms with E-state index < -0.39 is 11.4 Å². The van der Waals surface area contributed by atoms with Crippen LogP contribution in [0.2, 0.25) is 5.02 Å². The van der Waals surface area contributed by atoms with Crippen molar-refractivity contribution in [2.45, 2.75) is 18.4 Å². The van der Waals surface area contributed by atoms with Gasteiger partial charge in [0.05, 0.1) is 5.02 Å². The summed E-state index contributed by atoms with van der Waals surface area (Å²) in [6.45, 7) is 1.47. The lowest BCUT2D eigenvalue weighted by atomic mass is 9.87. The Morgan fingerprint density at radius 2 is 2.13 bits per heavy atom. The summed E-state index contributed by atoms with van der Waals surface area (Å²) < 4.78 is 14.9. The Labute approximate surface area is 144 Å². The molecule has 0 aliphatic carbocycles. The SMILES string of the molecule is Cl.O=C(Nc1ccc(F)c(Cl)c1)C1(n2cccn2)CCNCC1. The number of anilines is 1. The predicted molar refractivity (Wildman–Crippen MR) is 89.6 cm³/mol. The van der Waals surface area contributed by atoms with Gasteiger partial charge in [-0.3, -0.25) is 9.48 Å². The molecule has 124 valence electrons. The maximum Gasteiger partial charge on any atom is 0.252 e. The molecule has 0 spiro atoms. The zero-order chi connectivity index (χ0) is 15.6. The molecule has 0 saturated carbocycles. The van der Waals surface area contributed by atoms with E-state index in [1.807, 2.05) is 0 Å². The van der Waals surface area contributed by atoms with Gasteiger partial charge in [0.25, 0.3) is 5.91 Å². The molecule has 2 N–H and O–H groups in total. The fourth-order valence-corrected chi connectivity index (χ4v) is 2.92. The van der Waals surface area contributed by atoms with Crippen molar-refractivity contribution in [1.82, 2.24) is 15.1 Å². The molecular formula is C15H17Cl2FN4O. The largest absolute Gasteiger partial charge is 0.324 e. The van der Waals surface area contributed by atoms with Crippen LogP contribution in [0.4, 0.5) is 10.1 Å². The first-order chi connectivity index (χ1) is 10.6. The Bertz CT molecular complexity index is 672. The van der Waals surface area contributed by atoms with Crippen LogP contribution in [0, 0.1) is 5.82 Å². The fourth-order valence-electron chi connectivity index (χ4n) is 2.74. The molecular weight excluding hydrogens is 342 g/mol. The van der Waals surface area contributed by atoms with E-state index in [1.165, 1.54) is 18.2 Å². The van der Waals surface area contributed by atoms with Crippen LogP contribution >= 0.6 is 24.0 Å². The van der Waals surface area contributed by atoms with E-state index in [2.05, 4.69) is 15.7 Å². The average Bonchev–Trinajstić information content (AvgIpc) is 3.06. The zero-order valence-corrected chi connectivity index (χ0v) is 13.8. The van der Waals surface area contributed by atoms with Crippen molar-refractivity contribution in [1.29, 1.82) is 0 Å². The third kappa shape index (κ3) is 3.49. The lowest BCUT2D eigenvalue weighted by Crippen LogP contribution is -2.52. The summed E-state index contributed by atoms with van der Waals surface area (Å²) in [4.78, 5) is 12.8. The topological polar surface area (TPSA) is 59.0 Å². The minimum Gasteiger partial charge on any atom is -0.324 e. The van der Waals surface area contributed by atoms with Crippen LogP contribution in [0.15, 0.2) is 36.7 Å². The molecule has 3 rings (SSSR count). The number of hydrogen-bond donors (Lipinski definition) is 2. The monoisotopic (exact) mass is 358 g/mol. The summed E-state index contributed by atoms with van der Waals surface area (Å²) in [5.41, 5.74) is -0.267. The highest BCUT2D eigenvalue weighted by molar-refractivity contribution is 6.31. The minimum atomic E-state index is -0.740. The standard InChI is InChI=1S/C15H16ClFN4O.ClH/c16-12-10-11(2-3-13(12)17)20-14(22)15(4-7-18-8-5-15)21-9-1-6-19-21;/h1-3,6,9-10,18H,4-5,7-8H2,(H,20,22);1H. The van der Waals surface area contributed by atoms with Crippen LogP contribution in [0.5, 0.6) is 0 Å². The van der Waals surface area contributed by atoms with Crippen LogP contribution in [-0.2, 0) is 10.3 Å². The third-order valence-electron chi connectivity index (χ3n) is 3.97. The van der Waals surface area contributed by atoms with Gasteiger partial charge in [-0.1, -0.05) is 11.6 Å². The highest BCUT2D eigenvalue weighted by Crippen LogP contribution is 2.29.